The highest BCUT2D eigenvalue weighted by Gasteiger charge is 2.16. The van der Waals surface area contributed by atoms with E-state index in [1.54, 1.807) is 18.2 Å². The van der Waals surface area contributed by atoms with Crippen LogP contribution in [0.25, 0.3) is 11.4 Å². The van der Waals surface area contributed by atoms with Gasteiger partial charge in [0, 0.05) is 16.3 Å². The summed E-state index contributed by atoms with van der Waals surface area (Å²) in [6, 6.07) is 12.6. The molecule has 0 bridgehead atoms. The quantitative estimate of drug-likeness (QED) is 0.492. The van der Waals surface area contributed by atoms with Gasteiger partial charge >= 0.3 is 0 Å². The van der Waals surface area contributed by atoms with Gasteiger partial charge in [-0.2, -0.15) is 0 Å². The Balaban J connectivity index is 1.66. The van der Waals surface area contributed by atoms with E-state index < -0.39 is 0 Å². The highest BCUT2D eigenvalue weighted by Crippen LogP contribution is 2.30. The van der Waals surface area contributed by atoms with Crippen molar-refractivity contribution in [2.24, 2.45) is 0 Å². The monoisotopic (exact) mass is 407 g/mol. The average Bonchev–Trinajstić information content (AvgIpc) is 2.96. The minimum atomic E-state index is -0.159. The van der Waals surface area contributed by atoms with Crippen molar-refractivity contribution < 1.29 is 4.79 Å². The first-order valence-electron chi connectivity index (χ1n) is 7.59. The number of rotatable bonds is 5. The first kappa shape index (κ1) is 18.6. The van der Waals surface area contributed by atoms with Crippen LogP contribution in [0.1, 0.15) is 5.56 Å². The molecule has 0 aliphatic rings. The van der Waals surface area contributed by atoms with E-state index in [0.29, 0.717) is 26.6 Å². The van der Waals surface area contributed by atoms with E-state index in [1.807, 2.05) is 31.2 Å². The lowest BCUT2D eigenvalue weighted by Gasteiger charge is -2.06. The predicted octanol–water partition coefficient (Wildman–Crippen LogP) is 4.00. The molecular weight excluding hydrogens is 393 g/mol. The van der Waals surface area contributed by atoms with Gasteiger partial charge in [0.1, 0.15) is 0 Å². The molecule has 0 fully saturated rings. The van der Waals surface area contributed by atoms with Crippen LogP contribution in [0, 0.1) is 6.92 Å². The van der Waals surface area contributed by atoms with E-state index in [0.717, 1.165) is 11.3 Å². The number of nitrogens with two attached hydrogens (primary N) is 1. The summed E-state index contributed by atoms with van der Waals surface area (Å²) in [4.78, 5) is 12.1. The zero-order chi connectivity index (χ0) is 18.7. The molecule has 1 aromatic heterocycles. The first-order valence-corrected chi connectivity index (χ1v) is 9.33. The number of anilines is 1. The van der Waals surface area contributed by atoms with Crippen molar-refractivity contribution in [3.63, 3.8) is 0 Å². The summed E-state index contributed by atoms with van der Waals surface area (Å²) in [5, 5.41) is 12.2. The molecule has 0 aliphatic heterocycles. The molecule has 0 aliphatic carbocycles. The second kappa shape index (κ2) is 7.99. The van der Waals surface area contributed by atoms with Gasteiger partial charge in [-0.25, -0.2) is 4.68 Å². The molecule has 0 saturated carbocycles. The van der Waals surface area contributed by atoms with E-state index in [-0.39, 0.29) is 11.7 Å². The Morgan fingerprint density at radius 2 is 1.92 bits per heavy atom. The van der Waals surface area contributed by atoms with Crippen LogP contribution >= 0.6 is 35.0 Å². The van der Waals surface area contributed by atoms with Crippen LogP contribution in [0.5, 0.6) is 0 Å². The molecule has 0 radical (unpaired) electrons. The number of nitrogen functional groups attached to an aromatic ring is 1. The van der Waals surface area contributed by atoms with Gasteiger partial charge in [0.15, 0.2) is 5.82 Å². The van der Waals surface area contributed by atoms with Crippen molar-refractivity contribution in [2.45, 2.75) is 12.1 Å². The molecule has 9 heteroatoms. The van der Waals surface area contributed by atoms with Crippen molar-refractivity contribution in [1.82, 2.24) is 14.9 Å². The SMILES string of the molecule is Cc1ccc(NC(=O)CSc2nnc(-c3ccc(Cl)cc3Cl)n2N)cc1. The van der Waals surface area contributed by atoms with Gasteiger partial charge in [-0.05, 0) is 37.3 Å². The van der Waals surface area contributed by atoms with Crippen LogP contribution in [-0.4, -0.2) is 26.5 Å². The summed E-state index contributed by atoms with van der Waals surface area (Å²) >= 11 is 13.3. The fourth-order valence-corrected chi connectivity index (χ4v) is 3.34. The van der Waals surface area contributed by atoms with Crippen LogP contribution in [0.15, 0.2) is 47.6 Å². The van der Waals surface area contributed by atoms with Crippen molar-refractivity contribution in [2.75, 3.05) is 16.9 Å². The average molecular weight is 408 g/mol. The third-order valence-corrected chi connectivity index (χ3v) is 5.00. The number of aryl methyl sites for hydroxylation is 1. The Labute approximate surface area is 164 Å². The predicted molar refractivity (Wildman–Crippen MR) is 106 cm³/mol. The molecule has 6 nitrogen and oxygen atoms in total. The zero-order valence-electron chi connectivity index (χ0n) is 13.7. The van der Waals surface area contributed by atoms with E-state index in [4.69, 9.17) is 29.0 Å². The molecule has 0 saturated heterocycles. The van der Waals surface area contributed by atoms with Gasteiger partial charge < -0.3 is 11.2 Å². The third kappa shape index (κ3) is 4.30. The molecule has 3 aromatic rings. The fourth-order valence-electron chi connectivity index (χ4n) is 2.19. The summed E-state index contributed by atoms with van der Waals surface area (Å²) in [5.41, 5.74) is 2.48. The number of thioether (sulfide) groups is 1. The topological polar surface area (TPSA) is 85.8 Å². The lowest BCUT2D eigenvalue weighted by molar-refractivity contribution is -0.113. The Bertz CT molecular complexity index is 943. The van der Waals surface area contributed by atoms with Gasteiger partial charge in [0.2, 0.25) is 11.1 Å². The number of hydrogen-bond acceptors (Lipinski definition) is 5. The minimum absolute atomic E-state index is 0.150. The van der Waals surface area contributed by atoms with Crippen LogP contribution in [0.3, 0.4) is 0 Å². The number of carbonyl (C=O) groups is 1. The maximum Gasteiger partial charge on any atom is 0.234 e. The fraction of sp³-hybridized carbons (Fsp3) is 0.118. The number of halogens is 2. The molecule has 3 N–H and O–H groups in total. The Hall–Kier alpha value is -2.22. The molecule has 26 heavy (non-hydrogen) atoms. The second-order valence-corrected chi connectivity index (χ2v) is 7.29. The van der Waals surface area contributed by atoms with Gasteiger partial charge in [-0.3, -0.25) is 4.79 Å². The van der Waals surface area contributed by atoms with E-state index in [1.165, 1.54) is 16.4 Å². The molecule has 0 unspecified atom stereocenters. The lowest BCUT2D eigenvalue weighted by atomic mass is 10.2. The van der Waals surface area contributed by atoms with Crippen molar-refractivity contribution in [1.29, 1.82) is 0 Å². The largest absolute Gasteiger partial charge is 0.335 e. The number of aromatic nitrogens is 3. The molecule has 2 aromatic carbocycles. The highest BCUT2D eigenvalue weighted by atomic mass is 35.5. The lowest BCUT2D eigenvalue weighted by Crippen LogP contribution is -2.16. The normalized spacial score (nSPS) is 10.7. The summed E-state index contributed by atoms with van der Waals surface area (Å²) in [6.45, 7) is 1.99. The highest BCUT2D eigenvalue weighted by molar-refractivity contribution is 7.99. The Kier molecular flexibility index (Phi) is 5.70. The van der Waals surface area contributed by atoms with Crippen LogP contribution < -0.4 is 11.2 Å². The summed E-state index contributed by atoms with van der Waals surface area (Å²) in [6.07, 6.45) is 0. The smallest absolute Gasteiger partial charge is 0.234 e. The number of hydrogen-bond donors (Lipinski definition) is 2. The Morgan fingerprint density at radius 1 is 1.19 bits per heavy atom. The third-order valence-electron chi connectivity index (χ3n) is 3.50. The minimum Gasteiger partial charge on any atom is -0.335 e. The molecule has 1 amide bonds. The molecule has 3 rings (SSSR count). The number of nitrogens with one attached hydrogen (secondary N) is 1. The first-order chi connectivity index (χ1) is 12.4. The maximum atomic E-state index is 12.1. The number of amides is 1. The Morgan fingerprint density at radius 3 is 2.62 bits per heavy atom. The number of benzene rings is 2. The summed E-state index contributed by atoms with van der Waals surface area (Å²) in [5.74, 6) is 6.43. The second-order valence-electron chi connectivity index (χ2n) is 5.50. The molecule has 0 atom stereocenters. The van der Waals surface area contributed by atoms with Gasteiger partial charge in [-0.15, -0.1) is 10.2 Å². The number of nitrogens with zero attached hydrogens (tertiary/aromatic N) is 3. The molecule has 1 heterocycles. The summed E-state index contributed by atoms with van der Waals surface area (Å²) in [7, 11) is 0. The zero-order valence-corrected chi connectivity index (χ0v) is 16.1. The van der Waals surface area contributed by atoms with Crippen LogP contribution in [0.4, 0.5) is 5.69 Å². The van der Waals surface area contributed by atoms with Crippen LogP contribution in [-0.2, 0) is 4.79 Å². The molecular formula is C17H15Cl2N5OS. The van der Waals surface area contributed by atoms with E-state index >= 15 is 0 Å². The van der Waals surface area contributed by atoms with Crippen molar-refractivity contribution >= 4 is 46.6 Å². The van der Waals surface area contributed by atoms with E-state index in [2.05, 4.69) is 15.5 Å². The molecule has 134 valence electrons. The number of carbonyl (C=O) groups excluding carboxylic acids is 1. The van der Waals surface area contributed by atoms with Gasteiger partial charge in [0.05, 0.1) is 10.8 Å². The maximum absolute atomic E-state index is 12.1. The molecule has 0 spiro atoms. The van der Waals surface area contributed by atoms with E-state index in [9.17, 15) is 4.79 Å². The van der Waals surface area contributed by atoms with Gasteiger partial charge in [0.25, 0.3) is 0 Å². The van der Waals surface area contributed by atoms with Crippen LogP contribution in [0.2, 0.25) is 10.0 Å². The summed E-state index contributed by atoms with van der Waals surface area (Å²) < 4.78 is 1.30. The van der Waals surface area contributed by atoms with Crippen molar-refractivity contribution in [3.05, 3.63) is 58.1 Å². The van der Waals surface area contributed by atoms with Crippen molar-refractivity contribution in [3.8, 4) is 11.4 Å². The standard InChI is InChI=1S/C17H15Cl2N5OS/c1-10-2-5-12(6-3-10)21-15(25)9-26-17-23-22-16(24(17)20)13-7-4-11(18)8-14(13)19/h2-8H,9,20H2,1H3,(H,21,25). The van der Waals surface area contributed by atoms with Gasteiger partial charge in [-0.1, -0.05) is 52.7 Å².